The first-order valence-corrected chi connectivity index (χ1v) is 5.57. The van der Waals surface area contributed by atoms with Gasteiger partial charge in [-0.3, -0.25) is 9.69 Å². The van der Waals surface area contributed by atoms with Crippen LogP contribution in [0.15, 0.2) is 18.3 Å². The fourth-order valence-corrected chi connectivity index (χ4v) is 1.43. The molecule has 0 saturated carbocycles. The number of amides is 1. The molecule has 0 aromatic carbocycles. The van der Waals surface area contributed by atoms with Gasteiger partial charge in [0.15, 0.2) is 0 Å². The van der Waals surface area contributed by atoms with E-state index < -0.39 is 0 Å². The number of rotatable bonds is 5. The Labute approximate surface area is 101 Å². The average molecular weight is 242 g/mol. The van der Waals surface area contributed by atoms with Crippen molar-refractivity contribution in [3.63, 3.8) is 0 Å². The van der Waals surface area contributed by atoms with Crippen LogP contribution >= 0.6 is 11.6 Å². The standard InChI is InChI=1S/C11H16ClN3O/c1-3-15(8-11(16)13-2)7-9-4-5-10(12)14-6-9/h4-6H,3,7-8H2,1-2H3,(H,13,16). The van der Waals surface area contributed by atoms with E-state index in [0.29, 0.717) is 18.2 Å². The van der Waals surface area contributed by atoms with Gasteiger partial charge in [0.05, 0.1) is 6.54 Å². The molecule has 4 nitrogen and oxygen atoms in total. The van der Waals surface area contributed by atoms with Gasteiger partial charge in [0.2, 0.25) is 5.91 Å². The third-order valence-electron chi connectivity index (χ3n) is 2.29. The molecule has 1 N–H and O–H groups in total. The number of likely N-dealkylation sites (N-methyl/N-ethyl adjacent to an activating group) is 2. The molecule has 88 valence electrons. The van der Waals surface area contributed by atoms with Crippen LogP contribution in [0.2, 0.25) is 5.15 Å². The van der Waals surface area contributed by atoms with Crippen LogP contribution in [0.4, 0.5) is 0 Å². The third kappa shape index (κ3) is 4.16. The Balaban J connectivity index is 2.56. The van der Waals surface area contributed by atoms with E-state index in [2.05, 4.69) is 10.3 Å². The normalized spacial score (nSPS) is 10.5. The minimum absolute atomic E-state index is 0.0174. The molecular weight excluding hydrogens is 226 g/mol. The van der Waals surface area contributed by atoms with Gasteiger partial charge in [-0.05, 0) is 18.2 Å². The molecule has 0 aliphatic carbocycles. The van der Waals surface area contributed by atoms with Crippen molar-refractivity contribution in [1.29, 1.82) is 0 Å². The lowest BCUT2D eigenvalue weighted by atomic mass is 10.2. The Morgan fingerprint density at radius 1 is 1.56 bits per heavy atom. The second kappa shape index (κ2) is 6.45. The lowest BCUT2D eigenvalue weighted by Crippen LogP contribution is -2.35. The van der Waals surface area contributed by atoms with Crippen molar-refractivity contribution in [2.75, 3.05) is 20.1 Å². The molecule has 1 heterocycles. The SMILES string of the molecule is CCN(CC(=O)NC)Cc1ccc(Cl)nc1. The van der Waals surface area contributed by atoms with Crippen molar-refractivity contribution < 1.29 is 4.79 Å². The summed E-state index contributed by atoms with van der Waals surface area (Å²) < 4.78 is 0. The van der Waals surface area contributed by atoms with E-state index in [4.69, 9.17) is 11.6 Å². The molecule has 1 aromatic rings. The second-order valence-corrected chi connectivity index (χ2v) is 3.85. The van der Waals surface area contributed by atoms with Crippen LogP contribution in [0.1, 0.15) is 12.5 Å². The molecule has 0 spiro atoms. The summed E-state index contributed by atoms with van der Waals surface area (Å²) in [5.74, 6) is 0.0174. The largest absolute Gasteiger partial charge is 0.358 e. The molecule has 0 atom stereocenters. The summed E-state index contributed by atoms with van der Waals surface area (Å²) in [6.45, 7) is 3.94. The Morgan fingerprint density at radius 2 is 2.31 bits per heavy atom. The number of carbonyl (C=O) groups is 1. The first-order chi connectivity index (χ1) is 7.65. The fraction of sp³-hybridized carbons (Fsp3) is 0.455. The van der Waals surface area contributed by atoms with E-state index in [1.165, 1.54) is 0 Å². The van der Waals surface area contributed by atoms with Crippen LogP contribution in [0.5, 0.6) is 0 Å². The number of hydrogen-bond donors (Lipinski definition) is 1. The van der Waals surface area contributed by atoms with E-state index in [9.17, 15) is 4.79 Å². The summed E-state index contributed by atoms with van der Waals surface area (Å²) in [4.78, 5) is 17.3. The maximum Gasteiger partial charge on any atom is 0.233 e. The Kier molecular flexibility index (Phi) is 5.22. The highest BCUT2D eigenvalue weighted by Crippen LogP contribution is 2.07. The highest BCUT2D eigenvalue weighted by Gasteiger charge is 2.08. The molecule has 1 rings (SSSR count). The van der Waals surface area contributed by atoms with Gasteiger partial charge in [0.1, 0.15) is 5.15 Å². The van der Waals surface area contributed by atoms with E-state index in [1.807, 2.05) is 17.9 Å². The number of nitrogens with one attached hydrogen (secondary N) is 1. The molecule has 0 aliphatic heterocycles. The lowest BCUT2D eigenvalue weighted by molar-refractivity contribution is -0.121. The Morgan fingerprint density at radius 3 is 2.81 bits per heavy atom. The van der Waals surface area contributed by atoms with Gasteiger partial charge in [-0.25, -0.2) is 4.98 Å². The summed E-state index contributed by atoms with van der Waals surface area (Å²) >= 11 is 5.70. The number of halogens is 1. The zero-order chi connectivity index (χ0) is 12.0. The number of hydrogen-bond acceptors (Lipinski definition) is 3. The summed E-state index contributed by atoms with van der Waals surface area (Å²) in [7, 11) is 1.64. The van der Waals surface area contributed by atoms with Gasteiger partial charge < -0.3 is 5.32 Å². The highest BCUT2D eigenvalue weighted by molar-refractivity contribution is 6.29. The molecule has 5 heteroatoms. The molecule has 1 amide bonds. The average Bonchev–Trinajstić information content (AvgIpc) is 2.30. The lowest BCUT2D eigenvalue weighted by Gasteiger charge is -2.19. The van der Waals surface area contributed by atoms with Crippen molar-refractivity contribution in [2.24, 2.45) is 0 Å². The van der Waals surface area contributed by atoms with Crippen molar-refractivity contribution in [3.8, 4) is 0 Å². The minimum Gasteiger partial charge on any atom is -0.358 e. The minimum atomic E-state index is 0.0174. The monoisotopic (exact) mass is 241 g/mol. The third-order valence-corrected chi connectivity index (χ3v) is 2.51. The fourth-order valence-electron chi connectivity index (χ4n) is 1.32. The topological polar surface area (TPSA) is 45.2 Å². The highest BCUT2D eigenvalue weighted by atomic mass is 35.5. The molecule has 0 fully saturated rings. The van der Waals surface area contributed by atoms with E-state index in [1.54, 1.807) is 19.3 Å². The van der Waals surface area contributed by atoms with Gasteiger partial charge in [0, 0.05) is 19.8 Å². The Hall–Kier alpha value is -1.13. The smallest absolute Gasteiger partial charge is 0.233 e. The van der Waals surface area contributed by atoms with Crippen LogP contribution in [0.25, 0.3) is 0 Å². The van der Waals surface area contributed by atoms with Crippen molar-refractivity contribution in [1.82, 2.24) is 15.2 Å². The van der Waals surface area contributed by atoms with Crippen LogP contribution in [-0.2, 0) is 11.3 Å². The zero-order valence-corrected chi connectivity index (χ0v) is 10.3. The molecule has 0 aliphatic rings. The maximum atomic E-state index is 11.2. The van der Waals surface area contributed by atoms with Gasteiger partial charge in [-0.1, -0.05) is 24.6 Å². The molecule has 1 aromatic heterocycles. The number of nitrogens with zero attached hydrogens (tertiary/aromatic N) is 2. The van der Waals surface area contributed by atoms with Crippen molar-refractivity contribution >= 4 is 17.5 Å². The predicted molar refractivity (Wildman–Crippen MR) is 64.3 cm³/mol. The van der Waals surface area contributed by atoms with Gasteiger partial charge in [-0.2, -0.15) is 0 Å². The maximum absolute atomic E-state index is 11.2. The predicted octanol–water partition coefficient (Wildman–Crippen LogP) is 1.30. The summed E-state index contributed by atoms with van der Waals surface area (Å²) in [6.07, 6.45) is 1.73. The number of aromatic nitrogens is 1. The van der Waals surface area contributed by atoms with Crippen molar-refractivity contribution in [2.45, 2.75) is 13.5 Å². The number of pyridine rings is 1. The van der Waals surface area contributed by atoms with Crippen LogP contribution in [0.3, 0.4) is 0 Å². The molecule has 0 unspecified atom stereocenters. The molecule has 16 heavy (non-hydrogen) atoms. The molecule has 0 radical (unpaired) electrons. The quantitative estimate of drug-likeness (QED) is 0.791. The molecule has 0 saturated heterocycles. The zero-order valence-electron chi connectivity index (χ0n) is 9.53. The molecule has 0 bridgehead atoms. The summed E-state index contributed by atoms with van der Waals surface area (Å²) in [5.41, 5.74) is 1.05. The summed E-state index contributed by atoms with van der Waals surface area (Å²) in [6, 6.07) is 3.67. The second-order valence-electron chi connectivity index (χ2n) is 3.47. The van der Waals surface area contributed by atoms with Gasteiger partial charge >= 0.3 is 0 Å². The number of carbonyl (C=O) groups excluding carboxylic acids is 1. The van der Waals surface area contributed by atoms with Crippen molar-refractivity contribution in [3.05, 3.63) is 29.0 Å². The van der Waals surface area contributed by atoms with E-state index in [0.717, 1.165) is 12.1 Å². The van der Waals surface area contributed by atoms with E-state index in [-0.39, 0.29) is 5.91 Å². The van der Waals surface area contributed by atoms with Gasteiger partial charge in [-0.15, -0.1) is 0 Å². The first kappa shape index (κ1) is 12.9. The summed E-state index contributed by atoms with van der Waals surface area (Å²) in [5, 5.41) is 3.09. The Bertz CT molecular complexity index is 340. The van der Waals surface area contributed by atoms with E-state index >= 15 is 0 Å². The van der Waals surface area contributed by atoms with Crippen LogP contribution < -0.4 is 5.32 Å². The van der Waals surface area contributed by atoms with Gasteiger partial charge in [0.25, 0.3) is 0 Å². The molecular formula is C11H16ClN3O. The first-order valence-electron chi connectivity index (χ1n) is 5.19. The van der Waals surface area contributed by atoms with Crippen LogP contribution in [0, 0.1) is 0 Å². The van der Waals surface area contributed by atoms with Crippen LogP contribution in [-0.4, -0.2) is 35.9 Å².